The number of pyridine rings is 1. The van der Waals surface area contributed by atoms with E-state index in [2.05, 4.69) is 26.3 Å². The van der Waals surface area contributed by atoms with E-state index < -0.39 is 11.9 Å². The molecule has 0 spiro atoms. The fraction of sp³-hybridized carbons (Fsp3) is 0.259. The van der Waals surface area contributed by atoms with Gasteiger partial charge in [0.25, 0.3) is 5.91 Å². The fourth-order valence-electron chi connectivity index (χ4n) is 3.44. The number of amides is 3. The van der Waals surface area contributed by atoms with E-state index >= 15 is 0 Å². The molecule has 3 amide bonds. The van der Waals surface area contributed by atoms with Crippen LogP contribution in [0.3, 0.4) is 0 Å². The van der Waals surface area contributed by atoms with Crippen molar-refractivity contribution in [1.29, 1.82) is 0 Å². The van der Waals surface area contributed by atoms with Crippen molar-refractivity contribution in [2.24, 2.45) is 0 Å². The second kappa shape index (κ2) is 13.0. The molecule has 0 radical (unpaired) electrons. The summed E-state index contributed by atoms with van der Waals surface area (Å²) in [5.74, 6) is -0.802. The van der Waals surface area contributed by atoms with Crippen LogP contribution < -0.4 is 21.3 Å². The third-order valence-corrected chi connectivity index (χ3v) is 5.30. The molecule has 1 heterocycles. The Morgan fingerprint density at radius 1 is 0.973 bits per heavy atom. The van der Waals surface area contributed by atoms with E-state index in [0.29, 0.717) is 42.2 Å². The molecule has 194 valence electrons. The molecule has 4 N–H and O–H groups in total. The van der Waals surface area contributed by atoms with Crippen LogP contribution in [0.4, 0.5) is 32.1 Å². The van der Waals surface area contributed by atoms with Crippen molar-refractivity contribution in [3.63, 3.8) is 0 Å². The Labute approximate surface area is 214 Å². The van der Waals surface area contributed by atoms with Crippen LogP contribution >= 0.6 is 0 Å². The van der Waals surface area contributed by atoms with Gasteiger partial charge in [0.15, 0.2) is 0 Å². The number of aryl methyl sites for hydroxylation is 2. The standard InChI is InChI=1S/C27H30FN5O4/c1-4-29-27(36)33-24-15-23(31-20-11-12-22(28)17(3)14-20)21(16-30-24)26(35)32-19-9-6-18(7-10-19)8-13-25(34)37-5-2/h6-7,9-12,14-16H,4-5,8,13H2,1-3H3,(H,32,35)(H3,29,30,31,33,36). The lowest BCUT2D eigenvalue weighted by molar-refractivity contribution is -0.143. The maximum atomic E-state index is 13.7. The molecule has 0 aliphatic carbocycles. The molecule has 3 aromatic rings. The first-order valence-corrected chi connectivity index (χ1v) is 11.9. The highest BCUT2D eigenvalue weighted by Gasteiger charge is 2.16. The molecule has 0 saturated carbocycles. The summed E-state index contributed by atoms with van der Waals surface area (Å²) in [7, 11) is 0. The van der Waals surface area contributed by atoms with Crippen LogP contribution in [0.5, 0.6) is 0 Å². The van der Waals surface area contributed by atoms with E-state index in [9.17, 15) is 18.8 Å². The van der Waals surface area contributed by atoms with Crippen LogP contribution in [0, 0.1) is 12.7 Å². The Kier molecular flexibility index (Phi) is 9.54. The molecule has 0 aliphatic rings. The van der Waals surface area contributed by atoms with Crippen molar-refractivity contribution in [3.8, 4) is 0 Å². The molecule has 0 fully saturated rings. The first-order chi connectivity index (χ1) is 17.8. The topological polar surface area (TPSA) is 121 Å². The zero-order chi connectivity index (χ0) is 26.8. The first kappa shape index (κ1) is 27.1. The van der Waals surface area contributed by atoms with Gasteiger partial charge in [-0.25, -0.2) is 14.2 Å². The summed E-state index contributed by atoms with van der Waals surface area (Å²) in [6.45, 7) is 5.98. The Morgan fingerprint density at radius 2 is 1.70 bits per heavy atom. The normalized spacial score (nSPS) is 10.4. The van der Waals surface area contributed by atoms with Crippen molar-refractivity contribution in [3.05, 3.63) is 77.2 Å². The van der Waals surface area contributed by atoms with E-state index in [4.69, 9.17) is 4.74 Å². The first-order valence-electron chi connectivity index (χ1n) is 11.9. The molecule has 0 aliphatic heterocycles. The van der Waals surface area contributed by atoms with Gasteiger partial charge in [-0.1, -0.05) is 12.1 Å². The van der Waals surface area contributed by atoms with Gasteiger partial charge in [0.1, 0.15) is 11.6 Å². The van der Waals surface area contributed by atoms with Gasteiger partial charge in [0, 0.05) is 36.6 Å². The van der Waals surface area contributed by atoms with E-state index in [1.54, 1.807) is 45.0 Å². The van der Waals surface area contributed by atoms with Crippen LogP contribution in [0.25, 0.3) is 0 Å². The van der Waals surface area contributed by atoms with Crippen LogP contribution in [0.2, 0.25) is 0 Å². The Balaban J connectivity index is 1.79. The fourth-order valence-corrected chi connectivity index (χ4v) is 3.44. The molecule has 0 saturated heterocycles. The Morgan fingerprint density at radius 3 is 2.38 bits per heavy atom. The SMILES string of the molecule is CCNC(=O)Nc1cc(Nc2ccc(F)c(C)c2)c(C(=O)Nc2ccc(CCC(=O)OCC)cc2)cn1. The predicted molar refractivity (Wildman–Crippen MR) is 141 cm³/mol. The molecule has 2 aromatic carbocycles. The molecule has 0 bridgehead atoms. The number of esters is 1. The van der Waals surface area contributed by atoms with Crippen LogP contribution in [0.15, 0.2) is 54.7 Å². The average Bonchev–Trinajstić information content (AvgIpc) is 2.86. The average molecular weight is 508 g/mol. The maximum absolute atomic E-state index is 13.7. The number of carbonyl (C=O) groups is 3. The number of hydrogen-bond acceptors (Lipinski definition) is 6. The Hall–Kier alpha value is -4.47. The summed E-state index contributed by atoms with van der Waals surface area (Å²) >= 11 is 0. The predicted octanol–water partition coefficient (Wildman–Crippen LogP) is 5.16. The summed E-state index contributed by atoms with van der Waals surface area (Å²) in [5.41, 5.74) is 3.08. The van der Waals surface area contributed by atoms with Crippen molar-refractivity contribution >= 4 is 40.8 Å². The quantitative estimate of drug-likeness (QED) is 0.281. The molecular weight excluding hydrogens is 477 g/mol. The highest BCUT2D eigenvalue weighted by Crippen LogP contribution is 2.26. The molecule has 9 nitrogen and oxygen atoms in total. The van der Waals surface area contributed by atoms with Gasteiger partial charge in [-0.2, -0.15) is 0 Å². The molecule has 37 heavy (non-hydrogen) atoms. The molecule has 3 rings (SSSR count). The molecule has 0 unspecified atom stereocenters. The highest BCUT2D eigenvalue weighted by molar-refractivity contribution is 6.08. The van der Waals surface area contributed by atoms with Gasteiger partial charge in [-0.3, -0.25) is 14.9 Å². The van der Waals surface area contributed by atoms with Crippen LogP contribution in [0.1, 0.15) is 41.8 Å². The summed E-state index contributed by atoms with van der Waals surface area (Å²) in [6, 6.07) is 12.7. The number of carbonyl (C=O) groups excluding carboxylic acids is 3. The van der Waals surface area contributed by atoms with Gasteiger partial charge in [0.05, 0.1) is 17.9 Å². The molecule has 10 heteroatoms. The third-order valence-electron chi connectivity index (χ3n) is 5.30. The van der Waals surface area contributed by atoms with Crippen LogP contribution in [-0.2, 0) is 16.0 Å². The van der Waals surface area contributed by atoms with Gasteiger partial charge in [-0.05, 0) is 68.7 Å². The summed E-state index contributed by atoms with van der Waals surface area (Å²) in [4.78, 5) is 40.8. The van der Waals surface area contributed by atoms with Crippen molar-refractivity contribution in [2.45, 2.75) is 33.6 Å². The number of anilines is 4. The number of halogens is 1. The number of ether oxygens (including phenoxy) is 1. The lowest BCUT2D eigenvalue weighted by Gasteiger charge is -2.15. The van der Waals surface area contributed by atoms with Crippen LogP contribution in [-0.4, -0.2) is 36.0 Å². The number of aromatic nitrogens is 1. The van der Waals surface area contributed by atoms with Gasteiger partial charge < -0.3 is 20.7 Å². The van der Waals surface area contributed by atoms with Crippen molar-refractivity contribution < 1.29 is 23.5 Å². The van der Waals surface area contributed by atoms with Gasteiger partial charge in [0.2, 0.25) is 0 Å². The zero-order valence-electron chi connectivity index (χ0n) is 21.0. The number of benzene rings is 2. The third kappa shape index (κ3) is 8.03. The summed E-state index contributed by atoms with van der Waals surface area (Å²) in [6.07, 6.45) is 2.16. The summed E-state index contributed by atoms with van der Waals surface area (Å²) in [5, 5.41) is 11.2. The second-order valence-electron chi connectivity index (χ2n) is 8.14. The number of nitrogens with zero attached hydrogens (tertiary/aromatic N) is 1. The minimum absolute atomic E-state index is 0.217. The van der Waals surface area contributed by atoms with E-state index in [1.165, 1.54) is 18.3 Å². The largest absolute Gasteiger partial charge is 0.466 e. The number of urea groups is 1. The highest BCUT2D eigenvalue weighted by atomic mass is 19.1. The smallest absolute Gasteiger partial charge is 0.320 e. The lowest BCUT2D eigenvalue weighted by Crippen LogP contribution is -2.28. The number of nitrogens with one attached hydrogen (secondary N) is 4. The van der Waals surface area contributed by atoms with Crippen molar-refractivity contribution in [2.75, 3.05) is 29.1 Å². The minimum atomic E-state index is -0.433. The van der Waals surface area contributed by atoms with E-state index in [0.717, 1.165) is 5.56 Å². The van der Waals surface area contributed by atoms with E-state index in [-0.39, 0.29) is 29.6 Å². The zero-order valence-corrected chi connectivity index (χ0v) is 21.0. The molecular formula is C27H30FN5O4. The molecule has 0 atom stereocenters. The Bertz CT molecular complexity index is 1260. The summed E-state index contributed by atoms with van der Waals surface area (Å²) < 4.78 is 18.7. The van der Waals surface area contributed by atoms with E-state index in [1.807, 2.05) is 12.1 Å². The number of rotatable bonds is 10. The maximum Gasteiger partial charge on any atom is 0.320 e. The van der Waals surface area contributed by atoms with Crippen molar-refractivity contribution in [1.82, 2.24) is 10.3 Å². The van der Waals surface area contributed by atoms with Gasteiger partial charge in [-0.15, -0.1) is 0 Å². The second-order valence-corrected chi connectivity index (χ2v) is 8.14. The lowest BCUT2D eigenvalue weighted by atomic mass is 10.1. The molecule has 1 aromatic heterocycles. The minimum Gasteiger partial charge on any atom is -0.466 e. The van der Waals surface area contributed by atoms with Gasteiger partial charge >= 0.3 is 12.0 Å². The number of hydrogen-bond donors (Lipinski definition) is 4. The monoisotopic (exact) mass is 507 g/mol.